The molecular weight excluding hydrogens is 417 g/mol. The molecular formula is C27H28FN3O2. The maximum Gasteiger partial charge on any atom is 0.321 e. The van der Waals surface area contributed by atoms with Crippen LogP contribution in [0.4, 0.5) is 20.6 Å². The molecule has 0 aromatic heterocycles. The van der Waals surface area contributed by atoms with Gasteiger partial charge in [-0.2, -0.15) is 0 Å². The largest absolute Gasteiger partial charge is 0.326 e. The number of nitrogens with zero attached hydrogens (tertiary/aromatic N) is 1. The number of aryl methyl sites for hydroxylation is 1. The van der Waals surface area contributed by atoms with Crippen LogP contribution in [-0.4, -0.2) is 29.9 Å². The van der Waals surface area contributed by atoms with Crippen molar-refractivity contribution >= 4 is 23.3 Å². The zero-order valence-electron chi connectivity index (χ0n) is 18.6. The number of piperidine rings is 1. The third-order valence-corrected chi connectivity index (χ3v) is 6.09. The van der Waals surface area contributed by atoms with E-state index in [1.807, 2.05) is 30.3 Å². The van der Waals surface area contributed by atoms with Gasteiger partial charge in [-0.1, -0.05) is 55.5 Å². The van der Waals surface area contributed by atoms with Crippen LogP contribution in [0, 0.1) is 11.7 Å². The average Bonchev–Trinajstić information content (AvgIpc) is 2.84. The molecule has 6 heteroatoms. The van der Waals surface area contributed by atoms with Crippen LogP contribution in [-0.2, 0) is 11.2 Å². The minimum Gasteiger partial charge on any atom is -0.326 e. The van der Waals surface area contributed by atoms with Gasteiger partial charge in [0.1, 0.15) is 5.82 Å². The molecule has 4 rings (SSSR count). The third kappa shape index (κ3) is 5.77. The second-order valence-corrected chi connectivity index (χ2v) is 8.43. The highest BCUT2D eigenvalue weighted by Crippen LogP contribution is 2.32. The van der Waals surface area contributed by atoms with Gasteiger partial charge in [0.25, 0.3) is 0 Å². The third-order valence-electron chi connectivity index (χ3n) is 6.09. The SMILES string of the molecule is CCc1ccc(C2CC(C(=O)Nc3ccccc3)CN(C(=O)Nc3cccc(F)c3)C2)cc1. The molecule has 3 aromatic rings. The molecule has 3 aromatic carbocycles. The van der Waals surface area contributed by atoms with E-state index in [9.17, 15) is 14.0 Å². The van der Waals surface area contributed by atoms with Gasteiger partial charge >= 0.3 is 6.03 Å². The molecule has 1 aliphatic heterocycles. The number of halogens is 1. The maximum absolute atomic E-state index is 13.6. The molecule has 2 atom stereocenters. The quantitative estimate of drug-likeness (QED) is 0.532. The first-order valence-corrected chi connectivity index (χ1v) is 11.3. The van der Waals surface area contributed by atoms with Crippen molar-refractivity contribution in [1.82, 2.24) is 4.90 Å². The number of anilines is 2. The second-order valence-electron chi connectivity index (χ2n) is 8.43. The molecule has 1 heterocycles. The van der Waals surface area contributed by atoms with Gasteiger partial charge in [0.2, 0.25) is 5.91 Å². The van der Waals surface area contributed by atoms with Crippen LogP contribution in [0.25, 0.3) is 0 Å². The molecule has 0 bridgehead atoms. The number of amides is 3. The summed E-state index contributed by atoms with van der Waals surface area (Å²) in [6.07, 6.45) is 1.60. The zero-order valence-corrected chi connectivity index (χ0v) is 18.6. The van der Waals surface area contributed by atoms with Crippen LogP contribution < -0.4 is 10.6 Å². The van der Waals surface area contributed by atoms with Gasteiger partial charge in [-0.25, -0.2) is 9.18 Å². The fourth-order valence-electron chi connectivity index (χ4n) is 4.26. The number of benzene rings is 3. The predicted molar refractivity (Wildman–Crippen MR) is 129 cm³/mol. The minimum absolute atomic E-state index is 0.0226. The Bertz CT molecular complexity index is 1100. The van der Waals surface area contributed by atoms with Crippen molar-refractivity contribution in [3.8, 4) is 0 Å². The van der Waals surface area contributed by atoms with Gasteiger partial charge in [-0.3, -0.25) is 4.79 Å². The summed E-state index contributed by atoms with van der Waals surface area (Å²) >= 11 is 0. The standard InChI is InChI=1S/C27H28FN3O2/c1-2-19-11-13-20(14-12-19)21-15-22(26(32)29-24-8-4-3-5-9-24)18-31(17-21)27(33)30-25-10-6-7-23(28)16-25/h3-14,16,21-22H,2,15,17-18H2,1H3,(H,29,32)(H,30,33). The normalized spacial score (nSPS) is 17.9. The summed E-state index contributed by atoms with van der Waals surface area (Å²) < 4.78 is 13.6. The lowest BCUT2D eigenvalue weighted by atomic mass is 9.83. The van der Waals surface area contributed by atoms with Crippen molar-refractivity contribution in [1.29, 1.82) is 0 Å². The van der Waals surface area contributed by atoms with Crippen molar-refractivity contribution in [2.24, 2.45) is 5.92 Å². The van der Waals surface area contributed by atoms with Crippen LogP contribution in [0.2, 0.25) is 0 Å². The van der Waals surface area contributed by atoms with Crippen LogP contribution in [0.3, 0.4) is 0 Å². The fraction of sp³-hybridized carbons (Fsp3) is 0.259. The lowest BCUT2D eigenvalue weighted by molar-refractivity contribution is -0.121. The Morgan fingerprint density at radius 2 is 1.64 bits per heavy atom. The summed E-state index contributed by atoms with van der Waals surface area (Å²) in [5.74, 6) is -0.873. The maximum atomic E-state index is 13.6. The monoisotopic (exact) mass is 445 g/mol. The lowest BCUT2D eigenvalue weighted by Gasteiger charge is -2.37. The van der Waals surface area contributed by atoms with Gasteiger partial charge in [0.15, 0.2) is 0 Å². The van der Waals surface area contributed by atoms with Crippen molar-refractivity contribution in [2.45, 2.75) is 25.7 Å². The number of carbonyl (C=O) groups excluding carboxylic acids is 2. The molecule has 0 radical (unpaired) electrons. The molecule has 170 valence electrons. The number of hydrogen-bond donors (Lipinski definition) is 2. The molecule has 2 N–H and O–H groups in total. The Labute approximate surface area is 193 Å². The zero-order chi connectivity index (χ0) is 23.2. The summed E-state index contributed by atoms with van der Waals surface area (Å²) in [6, 6.07) is 23.2. The summed E-state index contributed by atoms with van der Waals surface area (Å²) in [4.78, 5) is 27.8. The molecule has 2 unspecified atom stereocenters. The predicted octanol–water partition coefficient (Wildman–Crippen LogP) is 5.66. The Kier molecular flexibility index (Phi) is 7.03. The van der Waals surface area contributed by atoms with E-state index in [2.05, 4.69) is 41.8 Å². The van der Waals surface area contributed by atoms with Gasteiger partial charge < -0.3 is 15.5 Å². The van der Waals surface area contributed by atoms with E-state index in [1.165, 1.54) is 17.7 Å². The van der Waals surface area contributed by atoms with E-state index in [4.69, 9.17) is 0 Å². The molecule has 5 nitrogen and oxygen atoms in total. The molecule has 33 heavy (non-hydrogen) atoms. The number of rotatable bonds is 5. The molecule has 0 aliphatic carbocycles. The van der Waals surface area contributed by atoms with Crippen molar-refractivity contribution in [3.63, 3.8) is 0 Å². The lowest BCUT2D eigenvalue weighted by Crippen LogP contribution is -2.48. The highest BCUT2D eigenvalue weighted by atomic mass is 19.1. The van der Waals surface area contributed by atoms with E-state index in [0.717, 1.165) is 17.7 Å². The number of urea groups is 1. The summed E-state index contributed by atoms with van der Waals surface area (Å²) in [7, 11) is 0. The first kappa shape index (κ1) is 22.5. The number of likely N-dealkylation sites (tertiary alicyclic amines) is 1. The number of nitrogens with one attached hydrogen (secondary N) is 2. The smallest absolute Gasteiger partial charge is 0.321 e. The Morgan fingerprint density at radius 1 is 0.909 bits per heavy atom. The molecule has 3 amide bonds. The first-order chi connectivity index (χ1) is 16.0. The van der Waals surface area contributed by atoms with Crippen LogP contribution in [0.1, 0.15) is 30.4 Å². The van der Waals surface area contributed by atoms with Gasteiger partial charge in [0.05, 0.1) is 5.92 Å². The molecule has 0 saturated carbocycles. The van der Waals surface area contributed by atoms with Gasteiger partial charge in [-0.15, -0.1) is 0 Å². The first-order valence-electron chi connectivity index (χ1n) is 11.3. The average molecular weight is 446 g/mol. The van der Waals surface area contributed by atoms with Gasteiger partial charge in [-0.05, 0) is 54.3 Å². The summed E-state index contributed by atoms with van der Waals surface area (Å²) in [5.41, 5.74) is 3.47. The van der Waals surface area contributed by atoms with Crippen molar-refractivity contribution in [3.05, 3.63) is 95.8 Å². The van der Waals surface area contributed by atoms with Crippen molar-refractivity contribution in [2.75, 3.05) is 23.7 Å². The van der Waals surface area contributed by atoms with E-state index >= 15 is 0 Å². The number of carbonyl (C=O) groups is 2. The summed E-state index contributed by atoms with van der Waals surface area (Å²) in [5, 5.41) is 5.74. The summed E-state index contributed by atoms with van der Waals surface area (Å²) in [6.45, 7) is 2.89. The Balaban J connectivity index is 1.54. The Hall–Kier alpha value is -3.67. The van der Waals surface area contributed by atoms with Crippen molar-refractivity contribution < 1.29 is 14.0 Å². The second kappa shape index (κ2) is 10.3. The topological polar surface area (TPSA) is 61.4 Å². The Morgan fingerprint density at radius 3 is 2.33 bits per heavy atom. The van der Waals surface area contributed by atoms with Crippen LogP contribution in [0.15, 0.2) is 78.9 Å². The minimum atomic E-state index is -0.416. The molecule has 0 spiro atoms. The van der Waals surface area contributed by atoms with Crippen LogP contribution in [0.5, 0.6) is 0 Å². The molecule has 1 saturated heterocycles. The molecule has 1 fully saturated rings. The van der Waals surface area contributed by atoms with E-state index < -0.39 is 5.82 Å². The van der Waals surface area contributed by atoms with E-state index in [-0.39, 0.29) is 23.8 Å². The highest BCUT2D eigenvalue weighted by molar-refractivity contribution is 5.94. The fourth-order valence-corrected chi connectivity index (χ4v) is 4.26. The molecule has 1 aliphatic rings. The highest BCUT2D eigenvalue weighted by Gasteiger charge is 2.34. The van der Waals surface area contributed by atoms with E-state index in [1.54, 1.807) is 17.0 Å². The number of hydrogen-bond acceptors (Lipinski definition) is 2. The number of para-hydroxylation sites is 1. The van der Waals surface area contributed by atoms with E-state index in [0.29, 0.717) is 25.2 Å². The van der Waals surface area contributed by atoms with Gasteiger partial charge in [0, 0.05) is 30.4 Å². The van der Waals surface area contributed by atoms with Crippen LogP contribution >= 0.6 is 0 Å².